The average molecular weight is 426 g/mol. The number of ether oxygens (including phenoxy) is 1. The number of nitrogens with zero attached hydrogens (tertiary/aromatic N) is 3. The second-order valence-corrected chi connectivity index (χ2v) is 7.20. The predicted octanol–water partition coefficient (Wildman–Crippen LogP) is 3.11. The van der Waals surface area contributed by atoms with Gasteiger partial charge >= 0.3 is 0 Å². The zero-order valence-electron chi connectivity index (χ0n) is 14.8. The predicted molar refractivity (Wildman–Crippen MR) is 98.3 cm³/mol. The first kappa shape index (κ1) is 19.4. The lowest BCUT2D eigenvalue weighted by Crippen LogP contribution is -2.58. The van der Waals surface area contributed by atoms with Crippen molar-refractivity contribution in [3.05, 3.63) is 52.7 Å². The topological polar surface area (TPSA) is 102 Å². The lowest BCUT2D eigenvalue weighted by Gasteiger charge is -2.49. The number of halogens is 4. The quantitative estimate of drug-likeness (QED) is 0.783. The number of nitrogens with one attached hydrogen (secondary N) is 1. The number of aromatic nitrogens is 2. The van der Waals surface area contributed by atoms with Gasteiger partial charge in [-0.1, -0.05) is 11.6 Å². The molecular weight excluding hydrogens is 411 g/mol. The van der Waals surface area contributed by atoms with Gasteiger partial charge in [0, 0.05) is 12.1 Å². The molecule has 4 rings (SSSR count). The Morgan fingerprint density at radius 3 is 2.72 bits per heavy atom. The summed E-state index contributed by atoms with van der Waals surface area (Å²) >= 11 is 5.74. The van der Waals surface area contributed by atoms with Crippen molar-refractivity contribution in [1.82, 2.24) is 9.97 Å². The highest BCUT2D eigenvalue weighted by molar-refractivity contribution is 6.30. The maximum atomic E-state index is 14.6. The molecule has 2 aromatic rings. The molecule has 1 fully saturated rings. The minimum atomic E-state index is -3.08. The van der Waals surface area contributed by atoms with Crippen molar-refractivity contribution >= 4 is 29.3 Å². The summed E-state index contributed by atoms with van der Waals surface area (Å²) in [5.74, 6) is -2.54. The normalized spacial score (nSPS) is 25.5. The Bertz CT molecular complexity index is 988. The number of carbonyl (C=O) groups is 1. The molecule has 3 N–H and O–H groups in total. The van der Waals surface area contributed by atoms with E-state index in [1.165, 1.54) is 18.3 Å². The molecule has 2 aromatic heterocycles. The van der Waals surface area contributed by atoms with Crippen LogP contribution in [0, 0.1) is 11.7 Å². The molecular formula is C18H15ClF3N5O2. The number of alkyl halides is 2. The molecule has 3 unspecified atom stereocenters. The fourth-order valence-electron chi connectivity index (χ4n) is 3.59. The van der Waals surface area contributed by atoms with Crippen molar-refractivity contribution in [2.75, 3.05) is 5.32 Å². The van der Waals surface area contributed by atoms with Crippen molar-refractivity contribution in [2.45, 2.75) is 30.9 Å². The Morgan fingerprint density at radius 2 is 2.10 bits per heavy atom. The number of hydrogen-bond acceptors (Lipinski definition) is 6. The number of amidine groups is 1. The standard InChI is InChI=1S/C18H15ClF3N5O2/c19-8-1-4-11(24-7-8)15(28)26-13-6-3-10(20)14(25-13)18(16(21)22)9-2-5-12(9)29-17(23)27-18/h1,3-4,6-7,9,12,16H,2,5H2,(H2,23,27)(H,25,26,28). The van der Waals surface area contributed by atoms with Crippen LogP contribution in [0.25, 0.3) is 0 Å². The first-order valence-corrected chi connectivity index (χ1v) is 9.09. The number of anilines is 1. The number of pyridine rings is 2. The second kappa shape index (κ2) is 7.18. The smallest absolute Gasteiger partial charge is 0.283 e. The molecule has 152 valence electrons. The van der Waals surface area contributed by atoms with Gasteiger partial charge in [-0.15, -0.1) is 0 Å². The van der Waals surface area contributed by atoms with E-state index in [9.17, 15) is 18.0 Å². The molecule has 2 aliphatic rings. The van der Waals surface area contributed by atoms with E-state index in [0.29, 0.717) is 17.9 Å². The summed E-state index contributed by atoms with van der Waals surface area (Å²) in [6.07, 6.45) is -1.52. The third kappa shape index (κ3) is 3.27. The number of rotatable bonds is 4. The van der Waals surface area contributed by atoms with Crippen molar-refractivity contribution in [1.29, 1.82) is 0 Å². The zero-order chi connectivity index (χ0) is 20.8. The minimum absolute atomic E-state index is 0.0260. The molecule has 0 spiro atoms. The lowest BCUT2D eigenvalue weighted by atomic mass is 9.66. The van der Waals surface area contributed by atoms with E-state index in [4.69, 9.17) is 22.1 Å². The van der Waals surface area contributed by atoms with Crippen LogP contribution >= 0.6 is 11.6 Å². The Labute approximate surface area is 168 Å². The molecule has 0 radical (unpaired) electrons. The fourth-order valence-corrected chi connectivity index (χ4v) is 3.70. The Morgan fingerprint density at radius 1 is 1.31 bits per heavy atom. The van der Waals surface area contributed by atoms with Crippen LogP contribution in [0.4, 0.5) is 19.0 Å². The number of fused-ring (bicyclic) bond motifs is 1. The molecule has 1 saturated carbocycles. The highest BCUT2D eigenvalue weighted by atomic mass is 35.5. The van der Waals surface area contributed by atoms with E-state index in [0.717, 1.165) is 12.1 Å². The van der Waals surface area contributed by atoms with Gasteiger partial charge < -0.3 is 15.8 Å². The van der Waals surface area contributed by atoms with Crippen LogP contribution in [0.15, 0.2) is 35.5 Å². The highest BCUT2D eigenvalue weighted by Crippen LogP contribution is 2.52. The summed E-state index contributed by atoms with van der Waals surface area (Å²) in [6, 6.07) is 4.52. The van der Waals surface area contributed by atoms with Crippen LogP contribution < -0.4 is 11.1 Å². The van der Waals surface area contributed by atoms with E-state index in [1.54, 1.807) is 0 Å². The Hall–Kier alpha value is -2.88. The van der Waals surface area contributed by atoms with Crippen molar-refractivity contribution in [3.63, 3.8) is 0 Å². The van der Waals surface area contributed by atoms with Crippen LogP contribution in [0.1, 0.15) is 29.0 Å². The molecule has 0 aromatic carbocycles. The van der Waals surface area contributed by atoms with Gasteiger partial charge in [0.25, 0.3) is 18.4 Å². The third-order valence-electron chi connectivity index (χ3n) is 5.10. The van der Waals surface area contributed by atoms with E-state index < -0.39 is 47.4 Å². The number of nitrogens with two attached hydrogens (primary N) is 1. The number of aliphatic imine (C=N–C) groups is 1. The Balaban J connectivity index is 1.71. The monoisotopic (exact) mass is 425 g/mol. The largest absolute Gasteiger partial charge is 0.462 e. The molecule has 7 nitrogen and oxygen atoms in total. The molecule has 1 aliphatic carbocycles. The van der Waals surface area contributed by atoms with Crippen LogP contribution in [-0.2, 0) is 10.3 Å². The van der Waals surface area contributed by atoms with Crippen LogP contribution in [0.3, 0.4) is 0 Å². The summed E-state index contributed by atoms with van der Waals surface area (Å²) in [6.45, 7) is 0. The van der Waals surface area contributed by atoms with Gasteiger partial charge in [-0.3, -0.25) is 4.79 Å². The van der Waals surface area contributed by atoms with Crippen molar-refractivity contribution < 1.29 is 22.7 Å². The fraction of sp³-hybridized carbons (Fsp3) is 0.333. The first-order chi connectivity index (χ1) is 13.8. The van der Waals surface area contributed by atoms with E-state index in [1.807, 2.05) is 0 Å². The minimum Gasteiger partial charge on any atom is -0.462 e. The zero-order valence-corrected chi connectivity index (χ0v) is 15.5. The van der Waals surface area contributed by atoms with Gasteiger partial charge in [0.05, 0.1) is 5.02 Å². The third-order valence-corrected chi connectivity index (χ3v) is 5.33. The lowest BCUT2D eigenvalue weighted by molar-refractivity contribution is -0.0966. The molecule has 3 atom stereocenters. The van der Waals surface area contributed by atoms with E-state index in [2.05, 4.69) is 20.3 Å². The number of carbonyl (C=O) groups excluding carboxylic acids is 1. The molecule has 3 heterocycles. The summed E-state index contributed by atoms with van der Waals surface area (Å²) in [7, 11) is 0. The molecule has 1 aliphatic heterocycles. The van der Waals surface area contributed by atoms with Gasteiger partial charge in [0.2, 0.25) is 0 Å². The maximum absolute atomic E-state index is 14.6. The van der Waals surface area contributed by atoms with Gasteiger partial charge in [0.15, 0.2) is 5.54 Å². The van der Waals surface area contributed by atoms with E-state index >= 15 is 0 Å². The van der Waals surface area contributed by atoms with E-state index in [-0.39, 0.29) is 11.5 Å². The maximum Gasteiger partial charge on any atom is 0.283 e. The first-order valence-electron chi connectivity index (χ1n) is 8.71. The van der Waals surface area contributed by atoms with Gasteiger partial charge in [-0.05, 0) is 37.1 Å². The Kier molecular flexibility index (Phi) is 4.81. The SMILES string of the molecule is NC1=NC(c2nc(NC(=O)c3ccc(Cl)cn3)ccc2F)(C(F)F)C2CCC2O1. The summed E-state index contributed by atoms with van der Waals surface area (Å²) in [5, 5.41) is 2.76. The molecule has 0 saturated heterocycles. The van der Waals surface area contributed by atoms with Gasteiger partial charge in [0.1, 0.15) is 29.1 Å². The van der Waals surface area contributed by atoms with Crippen LogP contribution in [0.5, 0.6) is 0 Å². The number of hydrogen-bond donors (Lipinski definition) is 2. The van der Waals surface area contributed by atoms with Crippen molar-refractivity contribution in [2.24, 2.45) is 16.6 Å². The van der Waals surface area contributed by atoms with Crippen LogP contribution in [-0.4, -0.2) is 34.4 Å². The second-order valence-electron chi connectivity index (χ2n) is 6.76. The summed E-state index contributed by atoms with van der Waals surface area (Å²) < 4.78 is 48.4. The molecule has 29 heavy (non-hydrogen) atoms. The molecule has 1 amide bonds. The summed E-state index contributed by atoms with van der Waals surface area (Å²) in [4.78, 5) is 24.0. The summed E-state index contributed by atoms with van der Waals surface area (Å²) in [5.41, 5.74) is 2.74. The molecule has 0 bridgehead atoms. The van der Waals surface area contributed by atoms with Crippen molar-refractivity contribution in [3.8, 4) is 0 Å². The average Bonchev–Trinajstić information content (AvgIpc) is 2.65. The van der Waals surface area contributed by atoms with Gasteiger partial charge in [-0.2, -0.15) is 0 Å². The number of amides is 1. The van der Waals surface area contributed by atoms with Crippen LogP contribution in [0.2, 0.25) is 5.02 Å². The highest BCUT2D eigenvalue weighted by Gasteiger charge is 2.60. The van der Waals surface area contributed by atoms with Gasteiger partial charge in [-0.25, -0.2) is 28.1 Å². The molecule has 11 heteroatoms.